The lowest BCUT2D eigenvalue weighted by Gasteiger charge is -2.12. The lowest BCUT2D eigenvalue weighted by Crippen LogP contribution is -1.90. The minimum absolute atomic E-state index is 0.265. The molecule has 0 N–H and O–H groups in total. The van der Waals surface area contributed by atoms with Crippen molar-refractivity contribution < 1.29 is 4.39 Å². The maximum atomic E-state index is 12.9. The summed E-state index contributed by atoms with van der Waals surface area (Å²) in [6, 6.07) is 11.9. The molecule has 0 atom stereocenters. The van der Waals surface area contributed by atoms with E-state index in [1.807, 2.05) is 18.2 Å². The van der Waals surface area contributed by atoms with Gasteiger partial charge in [-0.1, -0.05) is 63.4 Å². The molecule has 0 saturated heterocycles. The molecule has 0 radical (unpaired) electrons. The third-order valence-electron chi connectivity index (χ3n) is 2.43. The summed E-state index contributed by atoms with van der Waals surface area (Å²) in [5.74, 6) is -0.265. The molecule has 4 heteroatoms. The van der Waals surface area contributed by atoms with Gasteiger partial charge in [0.1, 0.15) is 10.7 Å². The molecule has 2 rings (SSSR count). The molecular weight excluding hydrogens is 326 g/mol. The average Bonchev–Trinajstić information content (AvgIpc) is 2.29. The second-order valence-electron chi connectivity index (χ2n) is 3.51. The fourth-order valence-electron chi connectivity index (χ4n) is 1.64. The van der Waals surface area contributed by atoms with Gasteiger partial charge in [-0.05, 0) is 29.3 Å². The van der Waals surface area contributed by atoms with Crippen LogP contribution >= 0.6 is 39.1 Å². The van der Waals surface area contributed by atoms with Crippen molar-refractivity contribution in [3.8, 4) is 11.1 Å². The summed E-state index contributed by atoms with van der Waals surface area (Å²) in [6.45, 7) is 0. The zero-order valence-corrected chi connectivity index (χ0v) is 11.7. The SMILES string of the molecule is Fc1ccc(-c2cccc(Br)c2C(Cl)Cl)cc1. The number of rotatable bonds is 2. The van der Waals surface area contributed by atoms with Crippen molar-refractivity contribution in [1.82, 2.24) is 0 Å². The first-order valence-corrected chi connectivity index (χ1v) is 6.58. The molecule has 0 aromatic heterocycles. The molecule has 0 aliphatic rings. The van der Waals surface area contributed by atoms with Crippen LogP contribution in [-0.4, -0.2) is 0 Å². The first-order chi connectivity index (χ1) is 8.09. The standard InChI is InChI=1S/C13H8BrCl2F/c14-11-3-1-2-10(12(11)13(15)16)8-4-6-9(17)7-5-8/h1-7,13H. The summed E-state index contributed by atoms with van der Waals surface area (Å²) in [7, 11) is 0. The fourth-order valence-corrected chi connectivity index (χ4v) is 2.97. The van der Waals surface area contributed by atoms with E-state index in [0.29, 0.717) is 0 Å². The van der Waals surface area contributed by atoms with E-state index in [2.05, 4.69) is 15.9 Å². The van der Waals surface area contributed by atoms with Gasteiger partial charge in [0.2, 0.25) is 0 Å². The van der Waals surface area contributed by atoms with Crippen LogP contribution in [0.25, 0.3) is 11.1 Å². The third-order valence-corrected chi connectivity index (χ3v) is 3.55. The van der Waals surface area contributed by atoms with E-state index >= 15 is 0 Å². The highest BCUT2D eigenvalue weighted by Gasteiger charge is 2.14. The number of hydrogen-bond acceptors (Lipinski definition) is 0. The minimum Gasteiger partial charge on any atom is -0.207 e. The maximum Gasteiger partial charge on any atom is 0.134 e. The van der Waals surface area contributed by atoms with Crippen molar-refractivity contribution in [2.75, 3.05) is 0 Å². The van der Waals surface area contributed by atoms with E-state index in [0.717, 1.165) is 21.2 Å². The van der Waals surface area contributed by atoms with Gasteiger partial charge in [0.15, 0.2) is 0 Å². The largest absolute Gasteiger partial charge is 0.207 e. The van der Waals surface area contributed by atoms with Crippen molar-refractivity contribution in [2.45, 2.75) is 4.84 Å². The van der Waals surface area contributed by atoms with Crippen molar-refractivity contribution in [3.05, 3.63) is 58.3 Å². The van der Waals surface area contributed by atoms with Gasteiger partial charge < -0.3 is 0 Å². The fraction of sp³-hybridized carbons (Fsp3) is 0.0769. The molecule has 17 heavy (non-hydrogen) atoms. The zero-order valence-electron chi connectivity index (χ0n) is 8.63. The number of halogens is 4. The lowest BCUT2D eigenvalue weighted by molar-refractivity contribution is 0.628. The molecule has 0 heterocycles. The van der Waals surface area contributed by atoms with Crippen LogP contribution in [0.2, 0.25) is 0 Å². The van der Waals surface area contributed by atoms with Crippen molar-refractivity contribution in [2.24, 2.45) is 0 Å². The Labute approximate surface area is 117 Å². The van der Waals surface area contributed by atoms with Gasteiger partial charge in [-0.3, -0.25) is 0 Å². The molecule has 0 amide bonds. The molecule has 0 spiro atoms. The van der Waals surface area contributed by atoms with Crippen LogP contribution < -0.4 is 0 Å². The van der Waals surface area contributed by atoms with Gasteiger partial charge in [0.05, 0.1) is 0 Å². The molecule has 0 saturated carbocycles. The van der Waals surface area contributed by atoms with Crippen LogP contribution in [0.4, 0.5) is 4.39 Å². The first-order valence-electron chi connectivity index (χ1n) is 4.92. The number of alkyl halides is 2. The van der Waals surface area contributed by atoms with Crippen LogP contribution in [0.3, 0.4) is 0 Å². The second-order valence-corrected chi connectivity index (χ2v) is 5.46. The van der Waals surface area contributed by atoms with Crippen LogP contribution in [-0.2, 0) is 0 Å². The predicted molar refractivity (Wildman–Crippen MR) is 74.0 cm³/mol. The van der Waals surface area contributed by atoms with Crippen molar-refractivity contribution in [3.63, 3.8) is 0 Å². The smallest absolute Gasteiger partial charge is 0.134 e. The number of hydrogen-bond donors (Lipinski definition) is 0. The van der Waals surface area contributed by atoms with E-state index in [9.17, 15) is 4.39 Å². The summed E-state index contributed by atoms with van der Waals surface area (Å²) in [6.07, 6.45) is 0. The molecule has 0 bridgehead atoms. The Morgan fingerprint density at radius 2 is 1.65 bits per heavy atom. The maximum absolute atomic E-state index is 12.9. The molecule has 0 unspecified atom stereocenters. The van der Waals surface area contributed by atoms with E-state index in [1.165, 1.54) is 12.1 Å². The highest BCUT2D eigenvalue weighted by molar-refractivity contribution is 9.10. The Morgan fingerprint density at radius 1 is 1.00 bits per heavy atom. The van der Waals surface area contributed by atoms with Gasteiger partial charge in [0.25, 0.3) is 0 Å². The van der Waals surface area contributed by atoms with Crippen molar-refractivity contribution in [1.29, 1.82) is 0 Å². The predicted octanol–water partition coefficient (Wildman–Crippen LogP) is 5.73. The van der Waals surface area contributed by atoms with Crippen LogP contribution in [0.5, 0.6) is 0 Å². The van der Waals surface area contributed by atoms with Crippen LogP contribution in [0.1, 0.15) is 10.4 Å². The highest BCUT2D eigenvalue weighted by atomic mass is 79.9. The quantitative estimate of drug-likeness (QED) is 0.615. The lowest BCUT2D eigenvalue weighted by atomic mass is 10.0. The van der Waals surface area contributed by atoms with Gasteiger partial charge >= 0.3 is 0 Å². The topological polar surface area (TPSA) is 0 Å². The minimum atomic E-state index is -0.634. The molecule has 0 nitrogen and oxygen atoms in total. The Balaban J connectivity index is 2.59. The zero-order chi connectivity index (χ0) is 12.4. The summed E-state index contributed by atoms with van der Waals surface area (Å²) < 4.78 is 13.7. The van der Waals surface area contributed by atoms with E-state index < -0.39 is 4.84 Å². The Hall–Kier alpha value is -0.570. The molecule has 2 aromatic carbocycles. The third kappa shape index (κ3) is 2.82. The van der Waals surface area contributed by atoms with Crippen LogP contribution in [0, 0.1) is 5.82 Å². The van der Waals surface area contributed by atoms with E-state index in [1.54, 1.807) is 12.1 Å². The van der Waals surface area contributed by atoms with E-state index in [-0.39, 0.29) is 5.82 Å². The summed E-state index contributed by atoms with van der Waals surface area (Å²) in [5, 5.41) is 0. The van der Waals surface area contributed by atoms with E-state index in [4.69, 9.17) is 23.2 Å². The van der Waals surface area contributed by atoms with Crippen LogP contribution in [0.15, 0.2) is 46.9 Å². The molecule has 0 aliphatic carbocycles. The number of benzene rings is 2. The molecule has 0 aliphatic heterocycles. The monoisotopic (exact) mass is 332 g/mol. The van der Waals surface area contributed by atoms with Crippen molar-refractivity contribution >= 4 is 39.1 Å². The Kier molecular flexibility index (Phi) is 4.08. The molecule has 88 valence electrons. The summed E-state index contributed by atoms with van der Waals surface area (Å²) in [4.78, 5) is -0.634. The first kappa shape index (κ1) is 12.9. The normalized spacial score (nSPS) is 10.9. The molecule has 0 fully saturated rings. The van der Waals surface area contributed by atoms with Gasteiger partial charge in [-0.2, -0.15) is 0 Å². The van der Waals surface area contributed by atoms with Gasteiger partial charge in [-0.25, -0.2) is 4.39 Å². The second kappa shape index (κ2) is 5.38. The summed E-state index contributed by atoms with van der Waals surface area (Å²) in [5.41, 5.74) is 2.57. The molecule has 2 aromatic rings. The highest BCUT2D eigenvalue weighted by Crippen LogP contribution is 2.38. The van der Waals surface area contributed by atoms with Gasteiger partial charge in [-0.15, -0.1) is 0 Å². The molecular formula is C13H8BrCl2F. The summed E-state index contributed by atoms with van der Waals surface area (Å²) >= 11 is 15.3. The average molecular weight is 334 g/mol. The van der Waals surface area contributed by atoms with Gasteiger partial charge in [0, 0.05) is 10.0 Å². The Bertz CT molecular complexity index is 523. The Morgan fingerprint density at radius 3 is 2.24 bits per heavy atom.